The van der Waals surface area contributed by atoms with Crippen LogP contribution < -0.4 is 0 Å². The molecule has 0 radical (unpaired) electrons. The highest BCUT2D eigenvalue weighted by Crippen LogP contribution is 2.36. The number of ether oxygens (including phenoxy) is 1. The van der Waals surface area contributed by atoms with E-state index in [1.807, 2.05) is 0 Å². The normalized spacial score (nSPS) is 18.9. The average Bonchev–Trinajstić information content (AvgIpc) is 3.08. The topological polar surface area (TPSA) is 38.7 Å². The van der Waals surface area contributed by atoms with Gasteiger partial charge in [-0.1, -0.05) is 111 Å². The van der Waals surface area contributed by atoms with Crippen LogP contribution in [0.2, 0.25) is 0 Å². The van der Waals surface area contributed by atoms with Crippen LogP contribution in [-0.4, -0.2) is 18.4 Å². The van der Waals surface area contributed by atoms with Gasteiger partial charge in [0.15, 0.2) is 12.5 Å². The Morgan fingerprint density at radius 3 is 1.69 bits per heavy atom. The van der Waals surface area contributed by atoms with Crippen molar-refractivity contribution in [3.8, 4) is 0 Å². The minimum Gasteiger partial charge on any atom is -0.469 e. The first kappa shape index (κ1) is 23.2. The van der Waals surface area contributed by atoms with E-state index in [0.717, 1.165) is 12.8 Å². The SMILES string of the molecule is CCCCCCCCCCCCCCCCC(C)(CC)C1OC=NC1=O. The van der Waals surface area contributed by atoms with Gasteiger partial charge in [0.25, 0.3) is 5.91 Å². The maximum Gasteiger partial charge on any atom is 0.290 e. The van der Waals surface area contributed by atoms with E-state index in [1.54, 1.807) is 0 Å². The molecule has 1 aliphatic heterocycles. The summed E-state index contributed by atoms with van der Waals surface area (Å²) in [4.78, 5) is 15.6. The second-order valence-electron chi connectivity index (χ2n) is 8.44. The highest BCUT2D eigenvalue weighted by Gasteiger charge is 2.40. The van der Waals surface area contributed by atoms with Crippen LogP contribution in [0.15, 0.2) is 4.99 Å². The number of hydrogen-bond acceptors (Lipinski definition) is 2. The fraction of sp³-hybridized carbons (Fsp3) is 0.913. The Morgan fingerprint density at radius 1 is 0.846 bits per heavy atom. The van der Waals surface area contributed by atoms with Gasteiger partial charge < -0.3 is 4.74 Å². The van der Waals surface area contributed by atoms with Gasteiger partial charge in [0, 0.05) is 5.41 Å². The Labute approximate surface area is 162 Å². The van der Waals surface area contributed by atoms with Crippen LogP contribution in [0, 0.1) is 5.41 Å². The maximum atomic E-state index is 11.8. The molecule has 0 aromatic rings. The summed E-state index contributed by atoms with van der Waals surface area (Å²) >= 11 is 0. The Bertz CT molecular complexity index is 394. The third-order valence-corrected chi connectivity index (χ3v) is 6.14. The van der Waals surface area contributed by atoms with E-state index in [2.05, 4.69) is 25.8 Å². The van der Waals surface area contributed by atoms with Crippen LogP contribution in [0.25, 0.3) is 0 Å². The predicted octanol–water partition coefficient (Wildman–Crippen LogP) is 7.23. The van der Waals surface area contributed by atoms with Crippen molar-refractivity contribution in [3.05, 3.63) is 0 Å². The van der Waals surface area contributed by atoms with E-state index in [9.17, 15) is 4.79 Å². The summed E-state index contributed by atoms with van der Waals surface area (Å²) in [7, 11) is 0. The molecule has 26 heavy (non-hydrogen) atoms. The number of hydrogen-bond donors (Lipinski definition) is 0. The first-order chi connectivity index (χ1) is 12.6. The largest absolute Gasteiger partial charge is 0.469 e. The van der Waals surface area contributed by atoms with E-state index >= 15 is 0 Å². The smallest absolute Gasteiger partial charge is 0.290 e. The van der Waals surface area contributed by atoms with Crippen LogP contribution >= 0.6 is 0 Å². The zero-order valence-corrected chi connectivity index (χ0v) is 17.7. The van der Waals surface area contributed by atoms with Gasteiger partial charge in [-0.2, -0.15) is 4.99 Å². The molecule has 0 fully saturated rings. The first-order valence-corrected chi connectivity index (χ1v) is 11.4. The average molecular weight is 366 g/mol. The number of aliphatic imine (C=N–C) groups is 1. The summed E-state index contributed by atoms with van der Waals surface area (Å²) in [6.45, 7) is 6.60. The fourth-order valence-electron chi connectivity index (χ4n) is 3.95. The Kier molecular flexibility index (Phi) is 12.7. The van der Waals surface area contributed by atoms with Crippen molar-refractivity contribution in [1.29, 1.82) is 0 Å². The van der Waals surface area contributed by atoms with Crippen molar-refractivity contribution in [2.45, 2.75) is 130 Å². The highest BCUT2D eigenvalue weighted by molar-refractivity contribution is 5.92. The molecule has 0 aromatic carbocycles. The molecule has 0 aromatic heterocycles. The zero-order chi connectivity index (χ0) is 19.1. The minimum atomic E-state index is -0.352. The number of carbonyl (C=O) groups is 1. The summed E-state index contributed by atoms with van der Waals surface area (Å²) in [5.41, 5.74) is -0.0648. The van der Waals surface area contributed by atoms with Gasteiger partial charge in [-0.05, 0) is 12.8 Å². The van der Waals surface area contributed by atoms with Gasteiger partial charge >= 0.3 is 0 Å². The lowest BCUT2D eigenvalue weighted by Gasteiger charge is -2.31. The minimum absolute atomic E-state index is 0.0648. The van der Waals surface area contributed by atoms with Crippen molar-refractivity contribution in [2.75, 3.05) is 0 Å². The van der Waals surface area contributed by atoms with E-state index in [1.165, 1.54) is 96.3 Å². The second-order valence-corrected chi connectivity index (χ2v) is 8.44. The predicted molar refractivity (Wildman–Crippen MR) is 112 cm³/mol. The molecule has 0 saturated heterocycles. The lowest BCUT2D eigenvalue weighted by Crippen LogP contribution is -2.36. The van der Waals surface area contributed by atoms with Gasteiger partial charge in [0.05, 0.1) is 0 Å². The summed E-state index contributed by atoms with van der Waals surface area (Å²) < 4.78 is 5.45. The van der Waals surface area contributed by atoms with Gasteiger partial charge in [0.2, 0.25) is 0 Å². The molecule has 0 saturated carbocycles. The van der Waals surface area contributed by atoms with E-state index in [0.29, 0.717) is 0 Å². The third-order valence-electron chi connectivity index (χ3n) is 6.14. The van der Waals surface area contributed by atoms with E-state index < -0.39 is 0 Å². The standard InChI is InChI=1S/C23H43NO2/c1-4-6-7-8-9-10-11-12-13-14-15-16-17-18-19-23(3,5-2)21-22(25)24-20-26-21/h20-21H,4-19H2,1-3H3. The molecule has 2 unspecified atom stereocenters. The summed E-state index contributed by atoms with van der Waals surface area (Å²) in [6.07, 6.45) is 22.3. The maximum absolute atomic E-state index is 11.8. The highest BCUT2D eigenvalue weighted by atomic mass is 16.5. The number of nitrogens with zero attached hydrogens (tertiary/aromatic N) is 1. The molecule has 1 aliphatic rings. The molecular formula is C23H43NO2. The van der Waals surface area contributed by atoms with Crippen molar-refractivity contribution >= 4 is 12.3 Å². The number of amides is 1. The van der Waals surface area contributed by atoms with Gasteiger partial charge in [-0.15, -0.1) is 0 Å². The fourth-order valence-corrected chi connectivity index (χ4v) is 3.95. The Balaban J connectivity index is 1.92. The Morgan fingerprint density at radius 2 is 1.31 bits per heavy atom. The number of unbranched alkanes of at least 4 members (excludes halogenated alkanes) is 13. The molecule has 0 bridgehead atoms. The van der Waals surface area contributed by atoms with Crippen LogP contribution in [0.4, 0.5) is 0 Å². The molecule has 0 N–H and O–H groups in total. The lowest BCUT2D eigenvalue weighted by molar-refractivity contribution is -0.128. The van der Waals surface area contributed by atoms with Crippen molar-refractivity contribution in [2.24, 2.45) is 10.4 Å². The molecule has 3 nitrogen and oxygen atoms in total. The lowest BCUT2D eigenvalue weighted by atomic mass is 9.76. The van der Waals surface area contributed by atoms with Crippen LogP contribution in [-0.2, 0) is 9.53 Å². The summed E-state index contributed by atoms with van der Waals surface area (Å²) in [5.74, 6) is -0.0975. The quantitative estimate of drug-likeness (QED) is 0.255. The van der Waals surface area contributed by atoms with Crippen LogP contribution in [0.5, 0.6) is 0 Å². The van der Waals surface area contributed by atoms with Gasteiger partial charge in [0.1, 0.15) is 0 Å². The zero-order valence-electron chi connectivity index (χ0n) is 17.7. The number of carbonyl (C=O) groups excluding carboxylic acids is 1. The van der Waals surface area contributed by atoms with Crippen molar-refractivity contribution in [1.82, 2.24) is 0 Å². The molecule has 1 rings (SSSR count). The summed E-state index contributed by atoms with van der Waals surface area (Å²) in [6, 6.07) is 0. The van der Waals surface area contributed by atoms with Gasteiger partial charge in [-0.3, -0.25) is 4.79 Å². The Hall–Kier alpha value is -0.860. The van der Waals surface area contributed by atoms with Crippen molar-refractivity contribution in [3.63, 3.8) is 0 Å². The third kappa shape index (κ3) is 9.19. The summed E-state index contributed by atoms with van der Waals surface area (Å²) in [5, 5.41) is 0. The number of rotatable bonds is 17. The van der Waals surface area contributed by atoms with E-state index in [4.69, 9.17) is 4.74 Å². The molecular weight excluding hydrogens is 322 g/mol. The molecule has 152 valence electrons. The van der Waals surface area contributed by atoms with Crippen molar-refractivity contribution < 1.29 is 9.53 Å². The molecule has 3 heteroatoms. The van der Waals surface area contributed by atoms with Crippen LogP contribution in [0.1, 0.15) is 124 Å². The molecule has 0 aliphatic carbocycles. The molecule has 1 amide bonds. The van der Waals surface area contributed by atoms with Crippen LogP contribution in [0.3, 0.4) is 0 Å². The molecule has 1 heterocycles. The van der Waals surface area contributed by atoms with E-state index in [-0.39, 0.29) is 17.4 Å². The molecule has 2 atom stereocenters. The first-order valence-electron chi connectivity index (χ1n) is 11.4. The second kappa shape index (κ2) is 14.2. The monoisotopic (exact) mass is 365 g/mol. The van der Waals surface area contributed by atoms with Gasteiger partial charge in [-0.25, -0.2) is 0 Å². The molecule has 0 spiro atoms.